The maximum Gasteiger partial charge on any atom is 0.319 e. The van der Waals surface area contributed by atoms with E-state index in [4.69, 9.17) is 20.9 Å². The summed E-state index contributed by atoms with van der Waals surface area (Å²) < 4.78 is 59.1. The average molecular weight is 655 g/mol. The SMILES string of the molecule is C#Cc1c(F)ccc2cc(O)cc(-c3nc4c5c(nc(OC[C@@]67CCCN6C[C@H](F)C7)nc5c3F)N3CCCC(C#N)CC[C@H]3CO4)c12. The zero-order valence-corrected chi connectivity index (χ0v) is 26.2. The number of fused-ring (bicyclic) bond motifs is 4. The number of halogens is 3. The van der Waals surface area contributed by atoms with E-state index < -0.39 is 23.3 Å². The van der Waals surface area contributed by atoms with Crippen molar-refractivity contribution in [3.05, 3.63) is 41.5 Å². The molecule has 4 aliphatic rings. The number of nitrogens with zero attached hydrogens (tertiary/aromatic N) is 6. The smallest absolute Gasteiger partial charge is 0.319 e. The third-order valence-corrected chi connectivity index (χ3v) is 10.5. The lowest BCUT2D eigenvalue weighted by molar-refractivity contribution is 0.107. The van der Waals surface area contributed by atoms with Gasteiger partial charge in [0.25, 0.3) is 0 Å². The highest BCUT2D eigenvalue weighted by Gasteiger charge is 2.49. The van der Waals surface area contributed by atoms with Gasteiger partial charge in [0.15, 0.2) is 5.82 Å². The van der Waals surface area contributed by atoms with Crippen LogP contribution in [0.2, 0.25) is 0 Å². The number of nitriles is 1. The molecule has 2 aromatic carbocycles. The second-order valence-electron chi connectivity index (χ2n) is 13.4. The molecule has 9 nitrogen and oxygen atoms in total. The summed E-state index contributed by atoms with van der Waals surface area (Å²) in [7, 11) is 0. The van der Waals surface area contributed by atoms with Crippen molar-refractivity contribution in [3.8, 4) is 47.3 Å². The minimum atomic E-state index is -0.948. The van der Waals surface area contributed by atoms with Crippen molar-refractivity contribution >= 4 is 27.5 Å². The van der Waals surface area contributed by atoms with Gasteiger partial charge in [0.05, 0.1) is 23.2 Å². The molecule has 0 spiro atoms. The van der Waals surface area contributed by atoms with Crippen LogP contribution in [-0.4, -0.2) is 75.6 Å². The lowest BCUT2D eigenvalue weighted by Crippen LogP contribution is -2.43. The van der Waals surface area contributed by atoms with Crippen LogP contribution in [0.15, 0.2) is 24.3 Å². The van der Waals surface area contributed by atoms with Gasteiger partial charge in [-0.25, -0.2) is 18.2 Å². The number of aromatic nitrogens is 3. The van der Waals surface area contributed by atoms with Crippen LogP contribution >= 0.6 is 0 Å². The predicted molar refractivity (Wildman–Crippen MR) is 173 cm³/mol. The number of phenols is 1. The van der Waals surface area contributed by atoms with Gasteiger partial charge in [-0.3, -0.25) is 4.90 Å². The van der Waals surface area contributed by atoms with Gasteiger partial charge in [0.2, 0.25) is 5.88 Å². The second-order valence-corrected chi connectivity index (χ2v) is 13.4. The first kappa shape index (κ1) is 30.5. The molecule has 1 N–H and O–H groups in total. The molecule has 1 unspecified atom stereocenters. The Morgan fingerprint density at radius 2 is 1.98 bits per heavy atom. The van der Waals surface area contributed by atoms with E-state index in [1.807, 2.05) is 0 Å². The van der Waals surface area contributed by atoms with E-state index in [1.165, 1.54) is 24.3 Å². The summed E-state index contributed by atoms with van der Waals surface area (Å²) in [5, 5.41) is 21.2. The van der Waals surface area contributed by atoms with Gasteiger partial charge in [0, 0.05) is 36.4 Å². The number of hydrogen-bond acceptors (Lipinski definition) is 9. The first-order valence-electron chi connectivity index (χ1n) is 16.4. The Morgan fingerprint density at radius 1 is 1.10 bits per heavy atom. The first-order valence-corrected chi connectivity index (χ1v) is 16.4. The summed E-state index contributed by atoms with van der Waals surface area (Å²) in [5.41, 5.74) is -0.840. The van der Waals surface area contributed by atoms with E-state index >= 15 is 4.39 Å². The van der Waals surface area contributed by atoms with Crippen LogP contribution in [0, 0.1) is 41.2 Å². The standard InChI is InChI=1S/C36H33F3N6O3/c1-2-25-27(38)9-7-21-13-24(46)14-26(28(21)25)31-30(39)32-29-33(43-35(42-32)48-19-36-10-4-11-44(36)17-22(37)15-36)45-12-3-5-20(16-40)6-8-23(45)18-47-34(29)41-31/h1,7,9,13-14,20,22-23,46H,3-6,8,10-12,15,17-19H2/t20?,22-,23+,36+/m1/s1. The maximum absolute atomic E-state index is 17.1. The van der Waals surface area contributed by atoms with Crippen molar-refractivity contribution in [2.45, 2.75) is 62.7 Å². The number of ether oxygens (including phenoxy) is 2. The van der Waals surface area contributed by atoms with Crippen LogP contribution in [0.3, 0.4) is 0 Å². The van der Waals surface area contributed by atoms with Crippen molar-refractivity contribution in [1.82, 2.24) is 19.9 Å². The molecule has 6 heterocycles. The number of pyridine rings is 1. The Balaban J connectivity index is 1.32. The molecule has 4 atom stereocenters. The van der Waals surface area contributed by atoms with Gasteiger partial charge in [-0.2, -0.15) is 15.2 Å². The fraction of sp³-hybridized carbons (Fsp3) is 0.444. The monoisotopic (exact) mass is 654 g/mol. The zero-order valence-electron chi connectivity index (χ0n) is 26.2. The lowest BCUT2D eigenvalue weighted by atomic mass is 9.93. The highest BCUT2D eigenvalue weighted by molar-refractivity contribution is 6.04. The highest BCUT2D eigenvalue weighted by Crippen LogP contribution is 2.45. The number of hydrogen-bond donors (Lipinski definition) is 1. The van der Waals surface area contributed by atoms with Gasteiger partial charge in [0.1, 0.15) is 53.4 Å². The maximum atomic E-state index is 17.1. The van der Waals surface area contributed by atoms with Crippen molar-refractivity contribution < 1.29 is 27.8 Å². The van der Waals surface area contributed by atoms with Gasteiger partial charge in [-0.05, 0) is 68.7 Å². The molecule has 3 fully saturated rings. The van der Waals surface area contributed by atoms with Crippen LogP contribution in [0.25, 0.3) is 32.9 Å². The molecule has 4 aliphatic heterocycles. The molecular formula is C36H33F3N6O3. The Morgan fingerprint density at radius 3 is 2.81 bits per heavy atom. The summed E-state index contributed by atoms with van der Waals surface area (Å²) in [6, 6.07) is 7.52. The molecule has 12 heteroatoms. The van der Waals surface area contributed by atoms with Crippen LogP contribution in [0.1, 0.15) is 50.5 Å². The zero-order chi connectivity index (χ0) is 33.2. The molecule has 0 amide bonds. The molecule has 0 radical (unpaired) electrons. The minimum Gasteiger partial charge on any atom is -0.508 e. The van der Waals surface area contributed by atoms with E-state index in [1.54, 1.807) is 0 Å². The van der Waals surface area contributed by atoms with Crippen LogP contribution in [0.5, 0.6) is 17.6 Å². The van der Waals surface area contributed by atoms with E-state index in [-0.39, 0.29) is 75.9 Å². The fourth-order valence-corrected chi connectivity index (χ4v) is 8.20. The molecule has 8 rings (SSSR count). The Kier molecular flexibility index (Phi) is 7.44. The number of rotatable bonds is 4. The van der Waals surface area contributed by atoms with Gasteiger partial charge in [-0.1, -0.05) is 12.0 Å². The van der Waals surface area contributed by atoms with Crippen LogP contribution < -0.4 is 14.4 Å². The van der Waals surface area contributed by atoms with Gasteiger partial charge in [-0.15, -0.1) is 6.42 Å². The molecule has 4 aromatic rings. The molecule has 0 aliphatic carbocycles. The number of alkyl halides is 1. The lowest BCUT2D eigenvalue weighted by Gasteiger charge is -2.34. The highest BCUT2D eigenvalue weighted by atomic mass is 19.1. The molecule has 2 aromatic heterocycles. The predicted octanol–water partition coefficient (Wildman–Crippen LogP) is 6.05. The van der Waals surface area contributed by atoms with E-state index in [0.717, 1.165) is 25.8 Å². The molecule has 0 bridgehead atoms. The Bertz CT molecular complexity index is 2050. The first-order chi connectivity index (χ1) is 23.3. The van der Waals surface area contributed by atoms with Crippen molar-refractivity contribution in [2.24, 2.45) is 5.92 Å². The van der Waals surface area contributed by atoms with Crippen molar-refractivity contribution in [2.75, 3.05) is 37.7 Å². The van der Waals surface area contributed by atoms with E-state index in [2.05, 4.69) is 31.8 Å². The minimum absolute atomic E-state index is 0.0585. The number of benzene rings is 2. The second kappa shape index (κ2) is 11.7. The van der Waals surface area contributed by atoms with Crippen molar-refractivity contribution in [3.63, 3.8) is 0 Å². The van der Waals surface area contributed by atoms with Crippen molar-refractivity contribution in [1.29, 1.82) is 5.26 Å². The summed E-state index contributed by atoms with van der Waals surface area (Å²) in [5.74, 6) is 1.08. The Labute approximate surface area is 275 Å². The third kappa shape index (κ3) is 4.93. The van der Waals surface area contributed by atoms with Crippen LogP contribution in [0.4, 0.5) is 19.0 Å². The number of aromatic hydroxyl groups is 1. The molecule has 0 saturated carbocycles. The largest absolute Gasteiger partial charge is 0.508 e. The summed E-state index contributed by atoms with van der Waals surface area (Å²) >= 11 is 0. The average Bonchev–Trinajstić information content (AvgIpc) is 3.55. The normalized spacial score (nSPS) is 25.4. The number of phenolic OH excluding ortho intramolecular Hbond substituents is 1. The fourth-order valence-electron chi connectivity index (χ4n) is 8.20. The third-order valence-electron chi connectivity index (χ3n) is 10.5. The Hall–Kier alpha value is -4.81. The van der Waals surface area contributed by atoms with E-state index in [0.29, 0.717) is 50.0 Å². The molecule has 246 valence electrons. The van der Waals surface area contributed by atoms with Gasteiger partial charge >= 0.3 is 6.01 Å². The van der Waals surface area contributed by atoms with Crippen LogP contribution in [-0.2, 0) is 0 Å². The molecule has 3 saturated heterocycles. The number of anilines is 1. The topological polar surface area (TPSA) is 108 Å². The molecule has 48 heavy (non-hydrogen) atoms. The van der Waals surface area contributed by atoms with E-state index in [9.17, 15) is 19.1 Å². The summed E-state index contributed by atoms with van der Waals surface area (Å²) in [6.07, 6.45) is 9.57. The summed E-state index contributed by atoms with van der Waals surface area (Å²) in [6.45, 7) is 2.03. The van der Waals surface area contributed by atoms with Gasteiger partial charge < -0.3 is 19.5 Å². The quantitative estimate of drug-likeness (QED) is 0.263. The number of terminal acetylenes is 1. The summed E-state index contributed by atoms with van der Waals surface area (Å²) in [4.78, 5) is 18.2. The molecular weight excluding hydrogens is 621 g/mol.